The van der Waals surface area contributed by atoms with E-state index in [0.29, 0.717) is 0 Å². The van der Waals surface area contributed by atoms with Crippen LogP contribution in [0.25, 0.3) is 10.9 Å². The standard InChI is InChI=1S/C16H20N2O2/c1-20-14-6-5-12-9-13(16(19)17-15(12)10-14)11-18-7-3-2-4-8-18/h5-6,9-10H,2-4,7-8,11H2,1H3,(H,17,19). The van der Waals surface area contributed by atoms with Crippen LogP contribution in [0.2, 0.25) is 0 Å². The van der Waals surface area contributed by atoms with Crippen molar-refractivity contribution in [3.63, 3.8) is 0 Å². The number of rotatable bonds is 3. The van der Waals surface area contributed by atoms with Crippen LogP contribution in [0.3, 0.4) is 0 Å². The molecule has 2 aromatic rings. The van der Waals surface area contributed by atoms with Crippen LogP contribution < -0.4 is 10.3 Å². The summed E-state index contributed by atoms with van der Waals surface area (Å²) in [7, 11) is 1.63. The molecule has 4 nitrogen and oxygen atoms in total. The van der Waals surface area contributed by atoms with E-state index in [0.717, 1.165) is 41.9 Å². The van der Waals surface area contributed by atoms with Gasteiger partial charge in [-0.1, -0.05) is 6.42 Å². The number of benzene rings is 1. The summed E-state index contributed by atoms with van der Waals surface area (Å²) in [5.74, 6) is 0.761. The van der Waals surface area contributed by atoms with Crippen LogP contribution in [0.4, 0.5) is 0 Å². The number of aromatic nitrogens is 1. The Morgan fingerprint density at radius 3 is 2.75 bits per heavy atom. The number of hydrogen-bond acceptors (Lipinski definition) is 3. The molecule has 4 heteroatoms. The van der Waals surface area contributed by atoms with Crippen LogP contribution in [0.15, 0.2) is 29.1 Å². The number of H-pyrrole nitrogens is 1. The first-order chi connectivity index (χ1) is 9.76. The molecule has 0 spiro atoms. The summed E-state index contributed by atoms with van der Waals surface area (Å²) < 4.78 is 5.18. The molecule has 1 N–H and O–H groups in total. The van der Waals surface area contributed by atoms with Gasteiger partial charge < -0.3 is 9.72 Å². The Hall–Kier alpha value is -1.81. The van der Waals surface area contributed by atoms with Crippen molar-refractivity contribution in [2.75, 3.05) is 20.2 Å². The van der Waals surface area contributed by atoms with Gasteiger partial charge in [0.1, 0.15) is 5.75 Å². The highest BCUT2D eigenvalue weighted by Gasteiger charge is 2.13. The second-order valence-corrected chi connectivity index (χ2v) is 5.41. The van der Waals surface area contributed by atoms with E-state index in [1.807, 2.05) is 24.3 Å². The zero-order chi connectivity index (χ0) is 13.9. The first kappa shape index (κ1) is 13.2. The van der Waals surface area contributed by atoms with E-state index in [-0.39, 0.29) is 5.56 Å². The predicted octanol–water partition coefficient (Wildman–Crippen LogP) is 2.52. The zero-order valence-electron chi connectivity index (χ0n) is 11.8. The Morgan fingerprint density at radius 2 is 2.00 bits per heavy atom. The third kappa shape index (κ3) is 2.70. The van der Waals surface area contributed by atoms with Crippen molar-refractivity contribution in [2.45, 2.75) is 25.8 Å². The molecule has 1 saturated heterocycles. The van der Waals surface area contributed by atoms with Gasteiger partial charge in [-0.05, 0) is 49.5 Å². The average molecular weight is 272 g/mol. The SMILES string of the molecule is COc1ccc2cc(CN3CCCCC3)c(=O)[nH]c2c1. The fourth-order valence-corrected chi connectivity index (χ4v) is 2.83. The number of aromatic amines is 1. The lowest BCUT2D eigenvalue weighted by Gasteiger charge is -2.26. The van der Waals surface area contributed by atoms with Crippen LogP contribution in [0.1, 0.15) is 24.8 Å². The van der Waals surface area contributed by atoms with Gasteiger partial charge in [-0.3, -0.25) is 9.69 Å². The zero-order valence-corrected chi connectivity index (χ0v) is 11.8. The third-order valence-corrected chi connectivity index (χ3v) is 3.97. The van der Waals surface area contributed by atoms with Crippen LogP contribution in [0, 0.1) is 0 Å². The van der Waals surface area contributed by atoms with Crippen molar-refractivity contribution < 1.29 is 4.74 Å². The van der Waals surface area contributed by atoms with Gasteiger partial charge in [0.05, 0.1) is 12.6 Å². The van der Waals surface area contributed by atoms with Crippen molar-refractivity contribution >= 4 is 10.9 Å². The van der Waals surface area contributed by atoms with Crippen LogP contribution in [-0.4, -0.2) is 30.1 Å². The van der Waals surface area contributed by atoms with Gasteiger partial charge in [0.2, 0.25) is 0 Å². The van der Waals surface area contributed by atoms with E-state index in [4.69, 9.17) is 4.74 Å². The number of pyridine rings is 1. The van der Waals surface area contributed by atoms with Crippen molar-refractivity contribution in [1.82, 2.24) is 9.88 Å². The second kappa shape index (κ2) is 5.67. The monoisotopic (exact) mass is 272 g/mol. The minimum absolute atomic E-state index is 0.0105. The maximum absolute atomic E-state index is 12.2. The number of fused-ring (bicyclic) bond motifs is 1. The molecule has 0 amide bonds. The minimum Gasteiger partial charge on any atom is -0.497 e. The highest BCUT2D eigenvalue weighted by molar-refractivity contribution is 5.80. The topological polar surface area (TPSA) is 45.3 Å². The van der Waals surface area contributed by atoms with Crippen molar-refractivity contribution in [3.05, 3.63) is 40.2 Å². The van der Waals surface area contributed by atoms with Crippen molar-refractivity contribution in [1.29, 1.82) is 0 Å². The van der Waals surface area contributed by atoms with E-state index in [2.05, 4.69) is 9.88 Å². The molecule has 0 atom stereocenters. The summed E-state index contributed by atoms with van der Waals surface area (Å²) in [4.78, 5) is 17.5. The van der Waals surface area contributed by atoms with Crippen LogP contribution >= 0.6 is 0 Å². The quantitative estimate of drug-likeness (QED) is 0.934. The lowest BCUT2D eigenvalue weighted by atomic mass is 10.1. The Labute approximate surface area is 118 Å². The first-order valence-electron chi connectivity index (χ1n) is 7.18. The minimum atomic E-state index is 0.0105. The molecule has 20 heavy (non-hydrogen) atoms. The molecule has 2 heterocycles. The molecule has 0 saturated carbocycles. The summed E-state index contributed by atoms with van der Waals surface area (Å²) in [5.41, 5.74) is 1.69. The first-order valence-corrected chi connectivity index (χ1v) is 7.18. The Morgan fingerprint density at radius 1 is 1.20 bits per heavy atom. The molecule has 0 unspecified atom stereocenters. The maximum Gasteiger partial charge on any atom is 0.252 e. The molecule has 1 aromatic carbocycles. The van der Waals surface area contributed by atoms with Crippen molar-refractivity contribution in [2.24, 2.45) is 0 Å². The van der Waals surface area contributed by atoms with E-state index in [1.54, 1.807) is 7.11 Å². The summed E-state index contributed by atoms with van der Waals surface area (Å²) >= 11 is 0. The molecule has 0 radical (unpaired) electrons. The van der Waals surface area contributed by atoms with Gasteiger partial charge >= 0.3 is 0 Å². The van der Waals surface area contributed by atoms with Gasteiger partial charge in [-0.25, -0.2) is 0 Å². The molecular weight excluding hydrogens is 252 g/mol. The number of likely N-dealkylation sites (tertiary alicyclic amines) is 1. The van der Waals surface area contributed by atoms with Gasteiger partial charge in [-0.2, -0.15) is 0 Å². The molecule has 0 bridgehead atoms. The number of methoxy groups -OCH3 is 1. The molecule has 0 aliphatic carbocycles. The fraction of sp³-hybridized carbons (Fsp3) is 0.438. The second-order valence-electron chi connectivity index (χ2n) is 5.41. The van der Waals surface area contributed by atoms with Gasteiger partial charge in [0.25, 0.3) is 5.56 Å². The number of ether oxygens (including phenoxy) is 1. The van der Waals surface area contributed by atoms with Crippen LogP contribution in [-0.2, 0) is 6.54 Å². The number of nitrogens with zero attached hydrogens (tertiary/aromatic N) is 1. The Bertz CT molecular complexity index is 657. The van der Waals surface area contributed by atoms with Gasteiger partial charge in [0, 0.05) is 18.2 Å². The number of nitrogens with one attached hydrogen (secondary N) is 1. The Balaban J connectivity index is 1.91. The highest BCUT2D eigenvalue weighted by Crippen LogP contribution is 2.19. The van der Waals surface area contributed by atoms with E-state index in [1.165, 1.54) is 19.3 Å². The van der Waals surface area contributed by atoms with E-state index < -0.39 is 0 Å². The molecule has 106 valence electrons. The molecular formula is C16H20N2O2. The Kier molecular flexibility index (Phi) is 3.74. The number of hydrogen-bond donors (Lipinski definition) is 1. The van der Waals surface area contributed by atoms with Crippen LogP contribution in [0.5, 0.6) is 5.75 Å². The normalized spacial score (nSPS) is 16.4. The van der Waals surface area contributed by atoms with E-state index in [9.17, 15) is 4.79 Å². The lowest BCUT2D eigenvalue weighted by Crippen LogP contribution is -2.31. The van der Waals surface area contributed by atoms with Gasteiger partial charge in [0.15, 0.2) is 0 Å². The number of piperidine rings is 1. The maximum atomic E-state index is 12.2. The van der Waals surface area contributed by atoms with E-state index >= 15 is 0 Å². The molecule has 1 aromatic heterocycles. The molecule has 3 rings (SSSR count). The summed E-state index contributed by atoms with van der Waals surface area (Å²) in [6, 6.07) is 7.78. The fourth-order valence-electron chi connectivity index (χ4n) is 2.83. The smallest absolute Gasteiger partial charge is 0.252 e. The summed E-state index contributed by atoms with van der Waals surface area (Å²) in [5, 5.41) is 1.05. The van der Waals surface area contributed by atoms with Gasteiger partial charge in [-0.15, -0.1) is 0 Å². The predicted molar refractivity (Wildman–Crippen MR) is 80.2 cm³/mol. The summed E-state index contributed by atoms with van der Waals surface area (Å²) in [6.45, 7) is 2.94. The van der Waals surface area contributed by atoms with Crippen molar-refractivity contribution in [3.8, 4) is 5.75 Å². The molecule has 1 aliphatic heterocycles. The average Bonchev–Trinajstić information content (AvgIpc) is 2.48. The third-order valence-electron chi connectivity index (χ3n) is 3.97. The molecule has 1 aliphatic rings. The largest absolute Gasteiger partial charge is 0.497 e. The molecule has 1 fully saturated rings. The summed E-state index contributed by atoms with van der Waals surface area (Å²) in [6.07, 6.45) is 3.79. The highest BCUT2D eigenvalue weighted by atomic mass is 16.5. The lowest BCUT2D eigenvalue weighted by molar-refractivity contribution is 0.220.